The fourth-order valence-electron chi connectivity index (χ4n) is 3.47. The van der Waals surface area contributed by atoms with Crippen LogP contribution in [0.2, 0.25) is 0 Å². The third kappa shape index (κ3) is 2.63. The first-order chi connectivity index (χ1) is 12.0. The number of aromatic nitrogens is 2. The third-order valence-electron chi connectivity index (χ3n) is 5.00. The van der Waals surface area contributed by atoms with Crippen molar-refractivity contribution in [2.45, 2.75) is 41.9 Å². The zero-order chi connectivity index (χ0) is 17.6. The molecule has 4 rings (SSSR count). The van der Waals surface area contributed by atoms with Gasteiger partial charge in [-0.3, -0.25) is 14.3 Å². The molecular weight excluding hydrogens is 336 g/mol. The molecule has 0 spiro atoms. The second-order valence-electron chi connectivity index (χ2n) is 6.67. The molecule has 2 aromatic rings. The fraction of sp³-hybridized carbons (Fsp3) is 0.389. The van der Waals surface area contributed by atoms with Gasteiger partial charge in [-0.2, -0.15) is 5.10 Å². The van der Waals surface area contributed by atoms with Crippen LogP contribution in [0.25, 0.3) is 0 Å². The SMILES string of the molecule is Cn1ncc2c1CCC[C@H]2NC(=O)[C@]1(C)Sc2ccccc2NC1=O. The highest BCUT2D eigenvalue weighted by Gasteiger charge is 2.46. The number of nitrogens with zero attached hydrogens (tertiary/aromatic N) is 2. The van der Waals surface area contributed by atoms with Gasteiger partial charge in [0.2, 0.25) is 11.8 Å². The number of hydrogen-bond acceptors (Lipinski definition) is 4. The molecular formula is C18H20N4O2S. The van der Waals surface area contributed by atoms with Gasteiger partial charge in [0.15, 0.2) is 4.75 Å². The van der Waals surface area contributed by atoms with Crippen LogP contribution in [0.3, 0.4) is 0 Å². The number of nitrogens with one attached hydrogen (secondary N) is 2. The van der Waals surface area contributed by atoms with Gasteiger partial charge in [0.05, 0.1) is 17.9 Å². The molecule has 6 nitrogen and oxygen atoms in total. The second kappa shape index (κ2) is 5.91. The molecule has 1 aromatic heterocycles. The zero-order valence-electron chi connectivity index (χ0n) is 14.2. The standard InChI is InChI=1S/C18H20N4O2S/c1-18(17(24)21-13-6-3-4-9-15(13)25-18)16(23)20-12-7-5-8-14-11(12)10-19-22(14)2/h3-4,6,9-10,12H,5,7-8H2,1-2H3,(H,20,23)(H,21,24)/t12-,18+/m1/s1. The summed E-state index contributed by atoms with van der Waals surface area (Å²) < 4.78 is 0.682. The first-order valence-electron chi connectivity index (χ1n) is 8.40. The molecule has 1 aliphatic heterocycles. The molecule has 7 heteroatoms. The van der Waals surface area contributed by atoms with Crippen LogP contribution in [0.1, 0.15) is 37.1 Å². The van der Waals surface area contributed by atoms with Crippen molar-refractivity contribution >= 4 is 29.3 Å². The Morgan fingerprint density at radius 1 is 1.44 bits per heavy atom. The fourth-order valence-corrected chi connectivity index (χ4v) is 4.58. The molecule has 0 unspecified atom stereocenters. The van der Waals surface area contributed by atoms with E-state index in [1.54, 1.807) is 6.92 Å². The van der Waals surface area contributed by atoms with Crippen LogP contribution in [0, 0.1) is 0 Å². The summed E-state index contributed by atoms with van der Waals surface area (Å²) in [6.45, 7) is 1.69. The summed E-state index contributed by atoms with van der Waals surface area (Å²) in [6.07, 6.45) is 4.66. The topological polar surface area (TPSA) is 76.0 Å². The number of rotatable bonds is 2. The Kier molecular flexibility index (Phi) is 3.83. The summed E-state index contributed by atoms with van der Waals surface area (Å²) in [7, 11) is 1.92. The third-order valence-corrected chi connectivity index (χ3v) is 6.35. The molecule has 0 radical (unpaired) electrons. The van der Waals surface area contributed by atoms with Crippen LogP contribution in [0.4, 0.5) is 5.69 Å². The van der Waals surface area contributed by atoms with E-state index >= 15 is 0 Å². The lowest BCUT2D eigenvalue weighted by Gasteiger charge is -2.34. The van der Waals surface area contributed by atoms with E-state index in [4.69, 9.17) is 0 Å². The maximum Gasteiger partial charge on any atom is 0.250 e. The number of carbonyl (C=O) groups excluding carboxylic acids is 2. The minimum Gasteiger partial charge on any atom is -0.347 e. The van der Waals surface area contributed by atoms with Gasteiger partial charge >= 0.3 is 0 Å². The lowest BCUT2D eigenvalue weighted by molar-refractivity contribution is -0.130. The molecule has 1 aromatic carbocycles. The van der Waals surface area contributed by atoms with E-state index in [9.17, 15) is 9.59 Å². The highest BCUT2D eigenvalue weighted by atomic mass is 32.2. The van der Waals surface area contributed by atoms with Crippen molar-refractivity contribution in [2.75, 3.05) is 5.32 Å². The molecule has 0 saturated heterocycles. The summed E-state index contributed by atoms with van der Waals surface area (Å²) in [5.41, 5.74) is 2.98. The van der Waals surface area contributed by atoms with Crippen LogP contribution in [0.5, 0.6) is 0 Å². The van der Waals surface area contributed by atoms with Crippen LogP contribution >= 0.6 is 11.8 Å². The van der Waals surface area contributed by atoms with Gasteiger partial charge < -0.3 is 10.6 Å². The van der Waals surface area contributed by atoms with Gasteiger partial charge in [-0.05, 0) is 38.3 Å². The van der Waals surface area contributed by atoms with Gasteiger partial charge in [-0.1, -0.05) is 23.9 Å². The van der Waals surface area contributed by atoms with Crippen molar-refractivity contribution in [3.8, 4) is 0 Å². The summed E-state index contributed by atoms with van der Waals surface area (Å²) in [5.74, 6) is -0.540. The molecule has 25 heavy (non-hydrogen) atoms. The van der Waals surface area contributed by atoms with Gasteiger partial charge in [0.1, 0.15) is 0 Å². The van der Waals surface area contributed by atoms with E-state index in [-0.39, 0.29) is 17.9 Å². The number of aryl methyl sites for hydroxylation is 1. The second-order valence-corrected chi connectivity index (χ2v) is 8.13. The predicted molar refractivity (Wildman–Crippen MR) is 96.4 cm³/mol. The highest BCUT2D eigenvalue weighted by Crippen LogP contribution is 2.43. The van der Waals surface area contributed by atoms with Crippen LogP contribution < -0.4 is 10.6 Å². The van der Waals surface area contributed by atoms with Gasteiger partial charge in [-0.15, -0.1) is 0 Å². The number of hydrogen-bond donors (Lipinski definition) is 2. The number of amides is 2. The molecule has 0 saturated carbocycles. The highest BCUT2D eigenvalue weighted by molar-refractivity contribution is 8.02. The number of para-hydroxylation sites is 1. The molecule has 2 heterocycles. The van der Waals surface area contributed by atoms with Crippen molar-refractivity contribution in [1.82, 2.24) is 15.1 Å². The van der Waals surface area contributed by atoms with Crippen LogP contribution in [-0.4, -0.2) is 26.3 Å². The zero-order valence-corrected chi connectivity index (χ0v) is 15.0. The van der Waals surface area contributed by atoms with Crippen molar-refractivity contribution in [3.63, 3.8) is 0 Å². The maximum absolute atomic E-state index is 13.0. The Morgan fingerprint density at radius 2 is 2.24 bits per heavy atom. The molecule has 2 amide bonds. The summed E-state index contributed by atoms with van der Waals surface area (Å²) in [6, 6.07) is 7.46. The first kappa shape index (κ1) is 16.2. The van der Waals surface area contributed by atoms with Crippen molar-refractivity contribution in [3.05, 3.63) is 41.7 Å². The Labute approximate surface area is 150 Å². The van der Waals surface area contributed by atoms with Crippen molar-refractivity contribution in [1.29, 1.82) is 0 Å². The Morgan fingerprint density at radius 3 is 3.08 bits per heavy atom. The van der Waals surface area contributed by atoms with Crippen molar-refractivity contribution in [2.24, 2.45) is 7.05 Å². The average molecular weight is 356 g/mol. The number of fused-ring (bicyclic) bond motifs is 2. The van der Waals surface area contributed by atoms with Gasteiger partial charge in [0, 0.05) is 23.2 Å². The maximum atomic E-state index is 13.0. The summed E-state index contributed by atoms with van der Waals surface area (Å²) >= 11 is 1.31. The Hall–Kier alpha value is -2.28. The number of benzene rings is 1. The first-order valence-corrected chi connectivity index (χ1v) is 9.22. The molecule has 0 bridgehead atoms. The molecule has 2 atom stereocenters. The number of carbonyl (C=O) groups is 2. The van der Waals surface area contributed by atoms with E-state index in [0.29, 0.717) is 0 Å². The quantitative estimate of drug-likeness (QED) is 0.810. The Balaban J connectivity index is 1.58. The lowest BCUT2D eigenvalue weighted by atomic mass is 9.92. The van der Waals surface area contributed by atoms with E-state index < -0.39 is 4.75 Å². The van der Waals surface area contributed by atoms with Crippen LogP contribution in [0.15, 0.2) is 35.4 Å². The minimum atomic E-state index is -1.19. The number of anilines is 1. The molecule has 1 aliphatic carbocycles. The summed E-state index contributed by atoms with van der Waals surface area (Å²) in [5, 5.41) is 10.3. The van der Waals surface area contributed by atoms with E-state index in [1.807, 2.05) is 42.2 Å². The molecule has 130 valence electrons. The van der Waals surface area contributed by atoms with E-state index in [2.05, 4.69) is 15.7 Å². The smallest absolute Gasteiger partial charge is 0.250 e. The van der Waals surface area contributed by atoms with Gasteiger partial charge in [0.25, 0.3) is 0 Å². The van der Waals surface area contributed by atoms with E-state index in [1.165, 1.54) is 11.8 Å². The molecule has 2 N–H and O–H groups in total. The summed E-state index contributed by atoms with van der Waals surface area (Å²) in [4.78, 5) is 26.5. The Bertz CT molecular complexity index is 863. The van der Waals surface area contributed by atoms with Crippen LogP contribution in [-0.2, 0) is 23.1 Å². The minimum absolute atomic E-state index is 0.0904. The van der Waals surface area contributed by atoms with E-state index in [0.717, 1.165) is 41.1 Å². The normalized spacial score (nSPS) is 24.9. The molecule has 0 fully saturated rings. The van der Waals surface area contributed by atoms with Gasteiger partial charge in [-0.25, -0.2) is 0 Å². The largest absolute Gasteiger partial charge is 0.347 e. The van der Waals surface area contributed by atoms with Crippen molar-refractivity contribution < 1.29 is 9.59 Å². The predicted octanol–water partition coefficient (Wildman–Crippen LogP) is 2.42. The molecule has 2 aliphatic rings. The lowest BCUT2D eigenvalue weighted by Crippen LogP contribution is -2.53. The average Bonchev–Trinajstić information content (AvgIpc) is 2.98. The number of thioether (sulfide) groups is 1. The monoisotopic (exact) mass is 356 g/mol.